The van der Waals surface area contributed by atoms with E-state index in [4.69, 9.17) is 5.11 Å². The number of aliphatic hydroxyl groups is 1. The van der Waals surface area contributed by atoms with Gasteiger partial charge in [-0.05, 0) is 20.8 Å². The largest absolute Gasteiger partial charge is 0.481 e. The van der Waals surface area contributed by atoms with Crippen LogP contribution in [0.2, 0.25) is 0 Å². The number of carboxylic acid groups (broad SMARTS) is 1. The van der Waals surface area contributed by atoms with E-state index in [1.165, 1.54) is 0 Å². The summed E-state index contributed by atoms with van der Waals surface area (Å²) in [6, 6.07) is 0. The van der Waals surface area contributed by atoms with Gasteiger partial charge in [-0.1, -0.05) is 11.8 Å². The van der Waals surface area contributed by atoms with Gasteiger partial charge in [0.1, 0.15) is 5.60 Å². The van der Waals surface area contributed by atoms with Crippen LogP contribution in [0.25, 0.3) is 0 Å². The molecule has 0 atom stereocenters. The van der Waals surface area contributed by atoms with Crippen molar-refractivity contribution < 1.29 is 15.0 Å². The summed E-state index contributed by atoms with van der Waals surface area (Å²) in [6.45, 7) is 5.72. The number of hydrogen-bond acceptors (Lipinski definition) is 5. The summed E-state index contributed by atoms with van der Waals surface area (Å²) < 4.78 is 1.72. The van der Waals surface area contributed by atoms with E-state index in [1.807, 2.05) is 6.92 Å². The Bertz CT molecular complexity index is 384. The molecular formula is C9H15N3O3S. The average Bonchev–Trinajstić information content (AvgIpc) is 2.56. The molecule has 1 rings (SSSR count). The highest BCUT2D eigenvalue weighted by Gasteiger charge is 2.25. The fraction of sp³-hybridized carbons (Fsp3) is 0.667. The predicted molar refractivity (Wildman–Crippen MR) is 59.3 cm³/mol. The van der Waals surface area contributed by atoms with E-state index in [1.54, 1.807) is 18.4 Å². The monoisotopic (exact) mass is 245 g/mol. The van der Waals surface area contributed by atoms with Crippen LogP contribution < -0.4 is 0 Å². The minimum atomic E-state index is -1.08. The van der Waals surface area contributed by atoms with Crippen LogP contribution in [-0.2, 0) is 16.9 Å². The third kappa shape index (κ3) is 2.96. The Morgan fingerprint density at radius 2 is 2.12 bits per heavy atom. The summed E-state index contributed by atoms with van der Waals surface area (Å²) in [4.78, 5) is 10.4. The first-order valence-corrected chi connectivity index (χ1v) is 5.85. The Kier molecular flexibility index (Phi) is 3.93. The van der Waals surface area contributed by atoms with Gasteiger partial charge in [-0.15, -0.1) is 10.2 Å². The molecule has 90 valence electrons. The fourth-order valence-electron chi connectivity index (χ4n) is 1.26. The van der Waals surface area contributed by atoms with Crippen LogP contribution in [0.15, 0.2) is 5.16 Å². The molecule has 6 nitrogen and oxygen atoms in total. The zero-order valence-electron chi connectivity index (χ0n) is 9.47. The molecular weight excluding hydrogens is 230 g/mol. The fourth-order valence-corrected chi connectivity index (χ4v) is 1.98. The van der Waals surface area contributed by atoms with Gasteiger partial charge in [-0.3, -0.25) is 4.79 Å². The second kappa shape index (κ2) is 4.84. The third-order valence-electron chi connectivity index (χ3n) is 1.91. The molecule has 1 aromatic rings. The minimum Gasteiger partial charge on any atom is -0.481 e. The molecule has 0 saturated heterocycles. The highest BCUT2D eigenvalue weighted by molar-refractivity contribution is 7.99. The molecule has 0 saturated carbocycles. The topological polar surface area (TPSA) is 88.2 Å². The van der Waals surface area contributed by atoms with Crippen molar-refractivity contribution in [3.8, 4) is 0 Å². The Balaban J connectivity index is 2.95. The molecule has 0 fully saturated rings. The highest BCUT2D eigenvalue weighted by atomic mass is 32.2. The summed E-state index contributed by atoms with van der Waals surface area (Å²) in [5.41, 5.74) is -1.08. The van der Waals surface area contributed by atoms with E-state index >= 15 is 0 Å². The number of nitrogens with zero attached hydrogens (tertiary/aromatic N) is 3. The van der Waals surface area contributed by atoms with Crippen molar-refractivity contribution in [2.45, 2.75) is 38.1 Å². The molecule has 0 radical (unpaired) electrons. The highest BCUT2D eigenvalue weighted by Crippen LogP contribution is 2.23. The molecule has 0 spiro atoms. The van der Waals surface area contributed by atoms with E-state index in [2.05, 4.69) is 10.2 Å². The van der Waals surface area contributed by atoms with Crippen molar-refractivity contribution in [2.24, 2.45) is 0 Å². The van der Waals surface area contributed by atoms with Gasteiger partial charge in [-0.25, -0.2) is 0 Å². The van der Waals surface area contributed by atoms with Crippen molar-refractivity contribution in [3.05, 3.63) is 5.82 Å². The Hall–Kier alpha value is -1.08. The van der Waals surface area contributed by atoms with Crippen LogP contribution in [0, 0.1) is 0 Å². The predicted octanol–water partition coefficient (Wildman–Crippen LogP) is 0.702. The lowest BCUT2D eigenvalue weighted by molar-refractivity contribution is -0.133. The molecule has 1 aromatic heterocycles. The first-order chi connectivity index (χ1) is 7.36. The van der Waals surface area contributed by atoms with Crippen molar-refractivity contribution in [3.63, 3.8) is 0 Å². The molecule has 1 heterocycles. The second-order valence-corrected chi connectivity index (χ2v) is 4.73. The van der Waals surface area contributed by atoms with Gasteiger partial charge in [0.25, 0.3) is 0 Å². The zero-order chi connectivity index (χ0) is 12.3. The van der Waals surface area contributed by atoms with E-state index in [0.29, 0.717) is 17.5 Å². The van der Waals surface area contributed by atoms with Crippen molar-refractivity contribution in [2.75, 3.05) is 5.75 Å². The number of aliphatic carboxylic acids is 1. The number of hydrogen-bond donors (Lipinski definition) is 2. The zero-order valence-corrected chi connectivity index (χ0v) is 10.3. The Morgan fingerprint density at radius 1 is 1.50 bits per heavy atom. The standard InChI is InChI=1S/C9H15N3O3S/c1-4-12-7(9(2,3)15)10-11-8(12)16-5-6(13)14/h15H,4-5H2,1-3H3,(H,13,14). The number of carbonyl (C=O) groups is 1. The normalized spacial score (nSPS) is 11.8. The third-order valence-corrected chi connectivity index (χ3v) is 2.86. The lowest BCUT2D eigenvalue weighted by Gasteiger charge is -2.17. The van der Waals surface area contributed by atoms with Crippen LogP contribution in [0.3, 0.4) is 0 Å². The van der Waals surface area contributed by atoms with Gasteiger partial charge in [0.05, 0.1) is 5.75 Å². The van der Waals surface area contributed by atoms with Gasteiger partial charge in [0, 0.05) is 6.54 Å². The van der Waals surface area contributed by atoms with E-state index in [-0.39, 0.29) is 5.75 Å². The lowest BCUT2D eigenvalue weighted by atomic mass is 10.1. The lowest BCUT2D eigenvalue weighted by Crippen LogP contribution is -2.22. The maximum atomic E-state index is 10.4. The van der Waals surface area contributed by atoms with Gasteiger partial charge in [-0.2, -0.15) is 0 Å². The first kappa shape index (κ1) is 13.0. The number of thioether (sulfide) groups is 1. The smallest absolute Gasteiger partial charge is 0.313 e. The van der Waals surface area contributed by atoms with Crippen LogP contribution in [-0.4, -0.2) is 36.7 Å². The Labute approximate surface area is 97.7 Å². The van der Waals surface area contributed by atoms with Crippen molar-refractivity contribution in [1.29, 1.82) is 0 Å². The van der Waals surface area contributed by atoms with Gasteiger partial charge in [0.15, 0.2) is 11.0 Å². The second-order valence-electron chi connectivity index (χ2n) is 3.79. The van der Waals surface area contributed by atoms with Crippen LogP contribution in [0.4, 0.5) is 0 Å². The molecule has 0 amide bonds. The summed E-state index contributed by atoms with van der Waals surface area (Å²) in [5.74, 6) is -0.521. The molecule has 0 aromatic carbocycles. The van der Waals surface area contributed by atoms with Crippen LogP contribution in [0.5, 0.6) is 0 Å². The molecule has 7 heteroatoms. The molecule has 0 aliphatic heterocycles. The molecule has 2 N–H and O–H groups in total. The number of aromatic nitrogens is 3. The van der Waals surface area contributed by atoms with Crippen molar-refractivity contribution in [1.82, 2.24) is 14.8 Å². The summed E-state index contributed by atoms with van der Waals surface area (Å²) in [7, 11) is 0. The minimum absolute atomic E-state index is 0.0655. The van der Waals surface area contributed by atoms with E-state index < -0.39 is 11.6 Å². The van der Waals surface area contributed by atoms with Gasteiger partial charge in [0.2, 0.25) is 0 Å². The molecule has 16 heavy (non-hydrogen) atoms. The maximum absolute atomic E-state index is 10.4. The van der Waals surface area contributed by atoms with Gasteiger partial charge < -0.3 is 14.8 Å². The quantitative estimate of drug-likeness (QED) is 0.742. The van der Waals surface area contributed by atoms with Crippen LogP contribution in [0.1, 0.15) is 26.6 Å². The van der Waals surface area contributed by atoms with Crippen LogP contribution >= 0.6 is 11.8 Å². The number of rotatable bonds is 5. The summed E-state index contributed by atoms with van der Waals surface area (Å²) in [6.07, 6.45) is 0. The maximum Gasteiger partial charge on any atom is 0.313 e. The molecule has 0 aliphatic carbocycles. The summed E-state index contributed by atoms with van der Waals surface area (Å²) in [5, 5.41) is 26.7. The molecule has 0 unspecified atom stereocenters. The Morgan fingerprint density at radius 3 is 2.56 bits per heavy atom. The summed E-state index contributed by atoms with van der Waals surface area (Å²) >= 11 is 1.10. The average molecular weight is 245 g/mol. The SMILES string of the molecule is CCn1c(SCC(=O)O)nnc1C(C)(C)O. The van der Waals surface area contributed by atoms with Gasteiger partial charge >= 0.3 is 5.97 Å². The van der Waals surface area contributed by atoms with E-state index in [9.17, 15) is 9.90 Å². The van der Waals surface area contributed by atoms with E-state index in [0.717, 1.165) is 11.8 Å². The molecule has 0 aliphatic rings. The first-order valence-electron chi connectivity index (χ1n) is 4.87. The molecule has 0 bridgehead atoms. The number of carboxylic acids is 1. The van der Waals surface area contributed by atoms with Crippen molar-refractivity contribution >= 4 is 17.7 Å².